The van der Waals surface area contributed by atoms with Crippen molar-refractivity contribution < 1.29 is 0 Å². The molecular formula is C16H29ClN4. The van der Waals surface area contributed by atoms with E-state index >= 15 is 0 Å². The van der Waals surface area contributed by atoms with Crippen LogP contribution in [0.1, 0.15) is 45.2 Å². The fourth-order valence-corrected chi connectivity index (χ4v) is 3.11. The van der Waals surface area contributed by atoms with Gasteiger partial charge in [0.2, 0.25) is 0 Å². The van der Waals surface area contributed by atoms with E-state index in [1.807, 2.05) is 0 Å². The molecule has 0 bridgehead atoms. The van der Waals surface area contributed by atoms with Crippen LogP contribution in [0.25, 0.3) is 0 Å². The second kappa shape index (κ2) is 6.67. The van der Waals surface area contributed by atoms with E-state index < -0.39 is 0 Å². The van der Waals surface area contributed by atoms with Crippen LogP contribution in [0.4, 0.5) is 0 Å². The first kappa shape index (κ1) is 16.8. The maximum atomic E-state index is 6.41. The Labute approximate surface area is 133 Å². The molecule has 0 aliphatic heterocycles. The summed E-state index contributed by atoms with van der Waals surface area (Å²) in [5.41, 5.74) is 1.42. The summed E-state index contributed by atoms with van der Waals surface area (Å²) in [6.07, 6.45) is 4.31. The maximum absolute atomic E-state index is 6.41. The van der Waals surface area contributed by atoms with Gasteiger partial charge in [0.25, 0.3) is 0 Å². The Bertz CT molecular complexity index is 461. The average molecular weight is 313 g/mol. The molecule has 1 aliphatic carbocycles. The van der Waals surface area contributed by atoms with Gasteiger partial charge in [-0.05, 0) is 60.2 Å². The lowest BCUT2D eigenvalue weighted by atomic mass is 9.71. The quantitative estimate of drug-likeness (QED) is 0.876. The Balaban J connectivity index is 2.02. The first-order chi connectivity index (χ1) is 9.78. The van der Waals surface area contributed by atoms with Crippen LogP contribution in [0.5, 0.6) is 0 Å². The highest BCUT2D eigenvalue weighted by atomic mass is 35.5. The van der Waals surface area contributed by atoms with Gasteiger partial charge in [-0.15, -0.1) is 0 Å². The van der Waals surface area contributed by atoms with E-state index in [1.165, 1.54) is 18.5 Å². The van der Waals surface area contributed by atoms with Crippen LogP contribution >= 0.6 is 11.6 Å². The van der Waals surface area contributed by atoms with E-state index in [1.54, 1.807) is 6.20 Å². The second-order valence-corrected chi connectivity index (χ2v) is 7.89. The molecule has 0 amide bonds. The number of nitrogens with one attached hydrogen (secondary N) is 1. The molecule has 0 radical (unpaired) electrons. The number of likely N-dealkylation sites (N-methyl/N-ethyl adjacent to an activating group) is 1. The Kier molecular flexibility index (Phi) is 5.33. The maximum Gasteiger partial charge on any atom is 0.0820 e. The minimum atomic E-state index is 0.176. The average Bonchev–Trinajstić information content (AvgIpc) is 2.66. The molecule has 0 aromatic carbocycles. The summed E-state index contributed by atoms with van der Waals surface area (Å²) < 4.78 is 2.11. The largest absolute Gasteiger partial charge is 0.312 e. The lowest BCUT2D eigenvalue weighted by Gasteiger charge is -2.39. The van der Waals surface area contributed by atoms with Gasteiger partial charge >= 0.3 is 0 Å². The van der Waals surface area contributed by atoms with Crippen LogP contribution in [0, 0.1) is 5.92 Å². The fraction of sp³-hybridized carbons (Fsp3) is 0.812. The molecule has 120 valence electrons. The molecule has 1 saturated carbocycles. The highest BCUT2D eigenvalue weighted by molar-refractivity contribution is 6.31. The third kappa shape index (κ3) is 4.44. The predicted octanol–water partition coefficient (Wildman–Crippen LogP) is 2.98. The van der Waals surface area contributed by atoms with Crippen LogP contribution in [0.15, 0.2) is 6.20 Å². The summed E-state index contributed by atoms with van der Waals surface area (Å²) in [5, 5.41) is 8.93. The van der Waals surface area contributed by atoms with E-state index in [4.69, 9.17) is 11.6 Å². The normalized spacial score (nSPS) is 22.6. The van der Waals surface area contributed by atoms with Gasteiger partial charge in [0.15, 0.2) is 0 Å². The summed E-state index contributed by atoms with van der Waals surface area (Å²) in [6, 6.07) is 0. The Hall–Kier alpha value is -0.580. The first-order valence-electron chi connectivity index (χ1n) is 7.89. The number of hydrogen-bond acceptors (Lipinski definition) is 3. The molecule has 0 saturated heterocycles. The van der Waals surface area contributed by atoms with Crippen molar-refractivity contribution in [2.45, 2.75) is 51.6 Å². The summed E-state index contributed by atoms with van der Waals surface area (Å²) in [7, 11) is 4.17. The molecule has 1 N–H and O–H groups in total. The smallest absolute Gasteiger partial charge is 0.0820 e. The highest BCUT2D eigenvalue weighted by Crippen LogP contribution is 2.44. The summed E-state index contributed by atoms with van der Waals surface area (Å²) in [6.45, 7) is 9.61. The zero-order chi connectivity index (χ0) is 15.6. The number of aromatic nitrogens is 2. The first-order valence-corrected chi connectivity index (χ1v) is 8.26. The number of rotatable bonds is 6. The topological polar surface area (TPSA) is 33.1 Å². The Morgan fingerprint density at radius 2 is 2.10 bits per heavy atom. The molecule has 1 aliphatic rings. The highest BCUT2D eigenvalue weighted by Gasteiger charge is 2.36. The lowest BCUT2D eigenvalue weighted by Crippen LogP contribution is -2.43. The number of nitrogens with zero attached hydrogens (tertiary/aromatic N) is 3. The molecule has 1 aromatic rings. The zero-order valence-electron chi connectivity index (χ0n) is 14.0. The van der Waals surface area contributed by atoms with Crippen LogP contribution in [-0.4, -0.2) is 47.4 Å². The van der Waals surface area contributed by atoms with E-state index in [9.17, 15) is 0 Å². The van der Waals surface area contributed by atoms with Gasteiger partial charge in [-0.25, -0.2) is 0 Å². The van der Waals surface area contributed by atoms with E-state index in [2.05, 4.69) is 54.9 Å². The van der Waals surface area contributed by atoms with Gasteiger partial charge in [0, 0.05) is 18.0 Å². The van der Waals surface area contributed by atoms with Crippen LogP contribution in [0.2, 0.25) is 5.02 Å². The SMILES string of the molecule is CN(C)CCn1ncc(Cl)c1C1CCC1CNC(C)(C)C. The molecule has 1 fully saturated rings. The predicted molar refractivity (Wildman–Crippen MR) is 89.0 cm³/mol. The van der Waals surface area contributed by atoms with Crippen LogP contribution in [0.3, 0.4) is 0 Å². The Morgan fingerprint density at radius 1 is 1.38 bits per heavy atom. The van der Waals surface area contributed by atoms with Crippen molar-refractivity contribution in [2.75, 3.05) is 27.2 Å². The molecule has 1 heterocycles. The molecule has 2 unspecified atom stereocenters. The van der Waals surface area contributed by atoms with Gasteiger partial charge in [0.1, 0.15) is 0 Å². The summed E-state index contributed by atoms with van der Waals surface area (Å²) in [5.74, 6) is 1.23. The van der Waals surface area contributed by atoms with Crippen molar-refractivity contribution in [3.63, 3.8) is 0 Å². The van der Waals surface area contributed by atoms with Crippen molar-refractivity contribution in [1.82, 2.24) is 20.0 Å². The monoisotopic (exact) mass is 312 g/mol. The summed E-state index contributed by atoms with van der Waals surface area (Å²) in [4.78, 5) is 2.18. The summed E-state index contributed by atoms with van der Waals surface area (Å²) >= 11 is 6.41. The van der Waals surface area contributed by atoms with Gasteiger partial charge in [-0.1, -0.05) is 11.6 Å². The lowest BCUT2D eigenvalue weighted by molar-refractivity contribution is 0.214. The third-order valence-corrected chi connectivity index (χ3v) is 4.55. The van der Waals surface area contributed by atoms with Crippen molar-refractivity contribution >= 4 is 11.6 Å². The van der Waals surface area contributed by atoms with Crippen molar-refractivity contribution in [1.29, 1.82) is 0 Å². The molecule has 1 aromatic heterocycles. The zero-order valence-corrected chi connectivity index (χ0v) is 14.7. The van der Waals surface area contributed by atoms with Crippen LogP contribution in [-0.2, 0) is 6.54 Å². The van der Waals surface area contributed by atoms with E-state index in [-0.39, 0.29) is 5.54 Å². The Morgan fingerprint density at radius 3 is 2.62 bits per heavy atom. The van der Waals surface area contributed by atoms with Crippen molar-refractivity contribution in [3.8, 4) is 0 Å². The molecular weight excluding hydrogens is 284 g/mol. The standard InChI is InChI=1S/C16H29ClN4/c1-16(2,3)18-10-12-6-7-13(12)15-14(17)11-19-21(15)9-8-20(4)5/h11-13,18H,6-10H2,1-5H3. The van der Waals surface area contributed by atoms with Gasteiger partial charge in [-0.3, -0.25) is 4.68 Å². The molecule has 5 heteroatoms. The minimum absolute atomic E-state index is 0.176. The second-order valence-electron chi connectivity index (χ2n) is 7.48. The molecule has 4 nitrogen and oxygen atoms in total. The van der Waals surface area contributed by atoms with Gasteiger partial charge < -0.3 is 10.2 Å². The molecule has 2 rings (SSSR count). The molecule has 0 spiro atoms. The van der Waals surface area contributed by atoms with Gasteiger partial charge in [-0.2, -0.15) is 5.10 Å². The number of hydrogen-bond donors (Lipinski definition) is 1. The van der Waals surface area contributed by atoms with Crippen molar-refractivity contribution in [2.24, 2.45) is 5.92 Å². The van der Waals surface area contributed by atoms with Gasteiger partial charge in [0.05, 0.1) is 23.5 Å². The van der Waals surface area contributed by atoms with Crippen LogP contribution < -0.4 is 5.32 Å². The van der Waals surface area contributed by atoms with E-state index in [0.717, 1.165) is 24.7 Å². The minimum Gasteiger partial charge on any atom is -0.312 e. The van der Waals surface area contributed by atoms with Crippen molar-refractivity contribution in [3.05, 3.63) is 16.9 Å². The number of halogens is 1. The third-order valence-electron chi connectivity index (χ3n) is 4.26. The molecule has 2 atom stereocenters. The fourth-order valence-electron chi connectivity index (χ4n) is 2.82. The molecule has 21 heavy (non-hydrogen) atoms. The van der Waals surface area contributed by atoms with E-state index in [0.29, 0.717) is 11.8 Å².